The highest BCUT2D eigenvalue weighted by Gasteiger charge is 2.24. The highest BCUT2D eigenvalue weighted by molar-refractivity contribution is 7.90. The standard InChI is InChI=1S/C21H16ClNO4S/c1-27-19-8-7-16(15-5-3-2-4-6-15)11-17(19)13-28(25,26)20-10-14(12-23)9-18(22)21(20)24/h2-11,24H,13H2,1H3. The van der Waals surface area contributed by atoms with Crippen LogP contribution in [0.5, 0.6) is 11.5 Å². The smallest absolute Gasteiger partial charge is 0.186 e. The van der Waals surface area contributed by atoms with Crippen LogP contribution < -0.4 is 4.74 Å². The first-order valence-electron chi connectivity index (χ1n) is 8.23. The van der Waals surface area contributed by atoms with E-state index in [0.717, 1.165) is 17.2 Å². The molecule has 28 heavy (non-hydrogen) atoms. The van der Waals surface area contributed by atoms with Crippen LogP contribution in [0.4, 0.5) is 0 Å². The van der Waals surface area contributed by atoms with E-state index in [9.17, 15) is 13.5 Å². The van der Waals surface area contributed by atoms with Crippen molar-refractivity contribution in [2.45, 2.75) is 10.6 Å². The number of hydrogen-bond acceptors (Lipinski definition) is 5. The fourth-order valence-electron chi connectivity index (χ4n) is 2.86. The van der Waals surface area contributed by atoms with Crippen LogP contribution in [0.15, 0.2) is 65.6 Å². The number of phenols is 1. The molecule has 0 aromatic heterocycles. The molecule has 0 unspecified atom stereocenters. The van der Waals surface area contributed by atoms with E-state index in [1.165, 1.54) is 13.2 Å². The Bertz CT molecular complexity index is 1170. The minimum Gasteiger partial charge on any atom is -0.505 e. The summed E-state index contributed by atoms with van der Waals surface area (Å²) in [6.45, 7) is 0. The molecule has 0 amide bonds. The maximum Gasteiger partial charge on any atom is 0.186 e. The van der Waals surface area contributed by atoms with E-state index in [1.807, 2.05) is 42.5 Å². The molecule has 0 saturated carbocycles. The quantitative estimate of drug-likeness (QED) is 0.662. The van der Waals surface area contributed by atoms with E-state index in [2.05, 4.69) is 0 Å². The lowest BCUT2D eigenvalue weighted by atomic mass is 10.0. The first-order valence-corrected chi connectivity index (χ1v) is 10.3. The molecule has 3 aromatic rings. The number of sulfone groups is 1. The van der Waals surface area contributed by atoms with Crippen LogP contribution in [0.3, 0.4) is 0 Å². The number of hydrogen-bond donors (Lipinski definition) is 1. The third-order valence-corrected chi connectivity index (χ3v) is 6.19. The summed E-state index contributed by atoms with van der Waals surface area (Å²) in [7, 11) is -2.54. The van der Waals surface area contributed by atoms with Gasteiger partial charge in [-0.1, -0.05) is 48.0 Å². The Morgan fingerprint density at radius 3 is 2.43 bits per heavy atom. The molecule has 0 aliphatic heterocycles. The predicted molar refractivity (Wildman–Crippen MR) is 107 cm³/mol. The van der Waals surface area contributed by atoms with E-state index in [1.54, 1.807) is 12.1 Å². The highest BCUT2D eigenvalue weighted by atomic mass is 35.5. The van der Waals surface area contributed by atoms with Gasteiger partial charge in [0.15, 0.2) is 15.6 Å². The first-order chi connectivity index (χ1) is 13.4. The number of halogens is 1. The number of nitrogens with zero attached hydrogens (tertiary/aromatic N) is 1. The second-order valence-electron chi connectivity index (χ2n) is 6.07. The van der Waals surface area contributed by atoms with Crippen LogP contribution in [-0.4, -0.2) is 20.6 Å². The summed E-state index contributed by atoms with van der Waals surface area (Å²) in [4.78, 5) is -0.385. The maximum atomic E-state index is 13.0. The van der Waals surface area contributed by atoms with Gasteiger partial charge in [0, 0.05) is 5.56 Å². The SMILES string of the molecule is COc1ccc(-c2ccccc2)cc1CS(=O)(=O)c1cc(C#N)cc(Cl)c1O. The molecule has 0 radical (unpaired) electrons. The molecule has 5 nitrogen and oxygen atoms in total. The summed E-state index contributed by atoms with van der Waals surface area (Å²) in [6.07, 6.45) is 0. The molecule has 0 bridgehead atoms. The van der Waals surface area contributed by atoms with E-state index in [-0.39, 0.29) is 15.5 Å². The molecule has 1 N–H and O–H groups in total. The molecule has 3 rings (SSSR count). The zero-order valence-electron chi connectivity index (χ0n) is 14.9. The number of phenolic OH excluding ortho intramolecular Hbond substituents is 1. The van der Waals surface area contributed by atoms with Crippen LogP contribution in [-0.2, 0) is 15.6 Å². The van der Waals surface area contributed by atoms with Crippen molar-refractivity contribution in [2.75, 3.05) is 7.11 Å². The van der Waals surface area contributed by atoms with Crippen molar-refractivity contribution in [1.29, 1.82) is 5.26 Å². The molecule has 7 heteroatoms. The average Bonchev–Trinajstić information content (AvgIpc) is 2.70. The Labute approximate surface area is 168 Å². The third-order valence-electron chi connectivity index (χ3n) is 4.23. The van der Waals surface area contributed by atoms with Gasteiger partial charge in [0.2, 0.25) is 0 Å². The summed E-state index contributed by atoms with van der Waals surface area (Å²) in [5.74, 6) is -0.584. The number of aromatic hydroxyl groups is 1. The average molecular weight is 414 g/mol. The minimum atomic E-state index is -4.00. The largest absolute Gasteiger partial charge is 0.505 e. The number of nitriles is 1. The van der Waals surface area contributed by atoms with Gasteiger partial charge in [-0.3, -0.25) is 0 Å². The highest BCUT2D eigenvalue weighted by Crippen LogP contribution is 2.36. The summed E-state index contributed by atoms with van der Waals surface area (Å²) < 4.78 is 31.3. The van der Waals surface area contributed by atoms with Gasteiger partial charge in [-0.15, -0.1) is 0 Å². The minimum absolute atomic E-state index is 0.0476. The molecule has 142 valence electrons. The topological polar surface area (TPSA) is 87.4 Å². The lowest BCUT2D eigenvalue weighted by Crippen LogP contribution is -2.07. The van der Waals surface area contributed by atoms with Gasteiger partial charge in [0.1, 0.15) is 10.6 Å². The monoisotopic (exact) mass is 413 g/mol. The van der Waals surface area contributed by atoms with E-state index in [0.29, 0.717) is 11.3 Å². The number of methoxy groups -OCH3 is 1. The van der Waals surface area contributed by atoms with Crippen molar-refractivity contribution in [3.8, 4) is 28.7 Å². The Balaban J connectivity index is 2.08. The second kappa shape index (κ2) is 7.93. The molecule has 0 saturated heterocycles. The molecule has 0 aliphatic carbocycles. The van der Waals surface area contributed by atoms with Gasteiger partial charge in [-0.2, -0.15) is 5.26 Å². The summed E-state index contributed by atoms with van der Waals surface area (Å²) >= 11 is 5.88. The molecular weight excluding hydrogens is 398 g/mol. The maximum absolute atomic E-state index is 13.0. The predicted octanol–water partition coefficient (Wildman–Crippen LogP) is 4.57. The molecule has 0 fully saturated rings. The van der Waals surface area contributed by atoms with Gasteiger partial charge in [-0.25, -0.2) is 8.42 Å². The van der Waals surface area contributed by atoms with Gasteiger partial charge < -0.3 is 9.84 Å². The second-order valence-corrected chi connectivity index (χ2v) is 8.43. The lowest BCUT2D eigenvalue weighted by Gasteiger charge is -2.13. The van der Waals surface area contributed by atoms with Gasteiger partial charge >= 0.3 is 0 Å². The fraction of sp³-hybridized carbons (Fsp3) is 0.0952. The van der Waals surface area contributed by atoms with Crippen molar-refractivity contribution in [3.63, 3.8) is 0 Å². The van der Waals surface area contributed by atoms with Crippen LogP contribution >= 0.6 is 11.6 Å². The molecular formula is C21H16ClNO4S. The number of ether oxygens (including phenoxy) is 1. The number of benzene rings is 3. The fourth-order valence-corrected chi connectivity index (χ4v) is 4.64. The molecule has 0 atom stereocenters. The Kier molecular flexibility index (Phi) is 5.59. The summed E-state index contributed by atoms with van der Waals surface area (Å²) in [5, 5.41) is 19.0. The van der Waals surface area contributed by atoms with Crippen LogP contribution in [0.25, 0.3) is 11.1 Å². The summed E-state index contributed by atoms with van der Waals surface area (Å²) in [6, 6.07) is 19.0. The van der Waals surface area contributed by atoms with Crippen molar-refractivity contribution in [1.82, 2.24) is 0 Å². The van der Waals surface area contributed by atoms with Gasteiger partial charge in [-0.05, 0) is 35.4 Å². The Morgan fingerprint density at radius 1 is 1.07 bits per heavy atom. The first kappa shape index (κ1) is 19.7. The van der Waals surface area contributed by atoms with Crippen molar-refractivity contribution in [3.05, 3.63) is 76.8 Å². The molecule has 0 aliphatic rings. The Morgan fingerprint density at radius 2 is 1.79 bits per heavy atom. The number of rotatable bonds is 5. The van der Waals surface area contributed by atoms with Crippen molar-refractivity contribution in [2.24, 2.45) is 0 Å². The third kappa shape index (κ3) is 3.96. The van der Waals surface area contributed by atoms with Crippen molar-refractivity contribution >= 4 is 21.4 Å². The Hall–Kier alpha value is -3.01. The zero-order valence-corrected chi connectivity index (χ0v) is 16.5. The van der Waals surface area contributed by atoms with Gasteiger partial charge in [0.25, 0.3) is 0 Å². The van der Waals surface area contributed by atoms with E-state index >= 15 is 0 Å². The van der Waals surface area contributed by atoms with Crippen LogP contribution in [0.1, 0.15) is 11.1 Å². The van der Waals surface area contributed by atoms with Crippen molar-refractivity contribution < 1.29 is 18.3 Å². The lowest BCUT2D eigenvalue weighted by molar-refractivity contribution is 0.411. The van der Waals surface area contributed by atoms with Gasteiger partial charge in [0.05, 0.1) is 29.5 Å². The van der Waals surface area contributed by atoms with Crippen LogP contribution in [0, 0.1) is 11.3 Å². The molecule has 3 aromatic carbocycles. The normalized spacial score (nSPS) is 11.0. The van der Waals surface area contributed by atoms with E-state index in [4.69, 9.17) is 21.6 Å². The van der Waals surface area contributed by atoms with Crippen LogP contribution in [0.2, 0.25) is 5.02 Å². The van der Waals surface area contributed by atoms with E-state index < -0.39 is 21.3 Å². The molecule has 0 spiro atoms. The summed E-state index contributed by atoms with van der Waals surface area (Å²) in [5.41, 5.74) is 2.24. The molecule has 0 heterocycles. The zero-order chi connectivity index (χ0) is 20.3.